The molecule has 0 radical (unpaired) electrons. The molecule has 0 N–H and O–H groups in total. The predicted molar refractivity (Wildman–Crippen MR) is 103 cm³/mol. The van der Waals surface area contributed by atoms with Crippen LogP contribution in [0.25, 0.3) is 0 Å². The zero-order chi connectivity index (χ0) is 24.0. The Morgan fingerprint density at radius 2 is 1.16 bits per heavy atom. The molecule has 144 valence electrons. The largest absolute Gasteiger partial charge is 1.00 e. The van der Waals surface area contributed by atoms with Crippen molar-refractivity contribution in [3.05, 3.63) is 59.7 Å². The molecule has 0 fully saturated rings. The minimum absolute atomic E-state index is 0. The topological polar surface area (TPSA) is 91.3 Å². The fourth-order valence-electron chi connectivity index (χ4n) is 1.42. The number of rotatable bonds is 2. The van der Waals surface area contributed by atoms with Gasteiger partial charge in [-0.3, -0.25) is 0 Å². The standard InChI is InChI=1S/C8H10O2S.C7H8O3S.CH3I.Ag/c1-7-3-5-8(6-4-7)11(2,9)10;1-6-2-4-7(5-3-6)11(8,9)10;1-2;/h3-6H,1-2H3;2-5H,1H3,(H,8,9,10);1H3;/q;;;+1/p-1/i2T3;;1T3;. The van der Waals surface area contributed by atoms with Crippen LogP contribution in [0, 0.1) is 13.8 Å². The van der Waals surface area contributed by atoms with E-state index in [2.05, 4.69) is 0 Å². The summed E-state index contributed by atoms with van der Waals surface area (Å²) in [6.45, 7) is 3.62. The minimum atomic E-state index is -4.27. The molecule has 9 heteroatoms. The smallest absolute Gasteiger partial charge is 0.744 e. The van der Waals surface area contributed by atoms with Crippen LogP contribution in [0.1, 0.15) is 19.4 Å². The van der Waals surface area contributed by atoms with Crippen LogP contribution >= 0.6 is 22.6 Å². The van der Waals surface area contributed by atoms with Crippen LogP contribution in [-0.4, -0.2) is 32.4 Å². The summed E-state index contributed by atoms with van der Waals surface area (Å²) in [5.41, 5.74) is 1.81. The van der Waals surface area contributed by atoms with Gasteiger partial charge < -0.3 is 4.55 Å². The van der Waals surface area contributed by atoms with E-state index in [1.807, 2.05) is 6.92 Å². The Morgan fingerprint density at radius 3 is 1.44 bits per heavy atom. The van der Waals surface area contributed by atoms with Crippen molar-refractivity contribution < 1.29 is 52.0 Å². The van der Waals surface area contributed by atoms with Crippen molar-refractivity contribution in [3.8, 4) is 0 Å². The molecule has 0 unspecified atom stereocenters. The normalized spacial score (nSPS) is 14.9. The Balaban J connectivity index is 0. The quantitative estimate of drug-likeness (QED) is 0.228. The van der Waals surface area contributed by atoms with Crippen LogP contribution < -0.4 is 0 Å². The van der Waals surface area contributed by atoms with Crippen molar-refractivity contribution in [1.29, 1.82) is 0 Å². The molecule has 0 bridgehead atoms. The van der Waals surface area contributed by atoms with Crippen LogP contribution in [0.15, 0.2) is 58.3 Å². The van der Waals surface area contributed by atoms with Crippen LogP contribution in [0.2, 0.25) is 0 Å². The van der Waals surface area contributed by atoms with Gasteiger partial charge in [0.2, 0.25) is 0 Å². The van der Waals surface area contributed by atoms with Gasteiger partial charge in [0.1, 0.15) is 10.1 Å². The zero-order valence-electron chi connectivity index (χ0n) is 19.2. The summed E-state index contributed by atoms with van der Waals surface area (Å²) in [5, 5.41) is 0. The molecule has 0 atom stereocenters. The summed E-state index contributed by atoms with van der Waals surface area (Å²) in [4.78, 5) is -2.12. The number of hydrogen-bond donors (Lipinski definition) is 0. The van der Waals surface area contributed by atoms with Gasteiger partial charge in [-0.25, -0.2) is 16.8 Å². The van der Waals surface area contributed by atoms with Crippen LogP contribution in [0.5, 0.6) is 0 Å². The van der Waals surface area contributed by atoms with Crippen molar-refractivity contribution in [2.45, 2.75) is 23.6 Å². The molecule has 2 rings (SSSR count). The van der Waals surface area contributed by atoms with Crippen LogP contribution in [0.4, 0.5) is 0 Å². The van der Waals surface area contributed by atoms with E-state index < -0.39 is 31.0 Å². The first kappa shape index (κ1) is 16.9. The Bertz CT molecular complexity index is 1010. The average molecular weight is 603 g/mol. The van der Waals surface area contributed by atoms with Gasteiger partial charge in [-0.05, 0) is 43.0 Å². The molecular formula is C16H20AgIO5S2. The van der Waals surface area contributed by atoms with Gasteiger partial charge in [0, 0.05) is 14.4 Å². The third kappa shape index (κ3) is 11.2. The first-order valence-corrected chi connectivity index (χ1v) is 10.2. The molecule has 0 aromatic heterocycles. The summed E-state index contributed by atoms with van der Waals surface area (Å²) in [7, 11) is -8.46. The molecule has 5 nitrogen and oxygen atoms in total. The van der Waals surface area contributed by atoms with Gasteiger partial charge in [-0.1, -0.05) is 58.0 Å². The summed E-state index contributed by atoms with van der Waals surface area (Å²) in [6, 6.07) is 11.5. The van der Waals surface area contributed by atoms with Gasteiger partial charge in [0.25, 0.3) is 0 Å². The Morgan fingerprint density at radius 1 is 0.840 bits per heavy atom. The van der Waals surface area contributed by atoms with E-state index in [-0.39, 0.29) is 32.2 Å². The monoisotopic (exact) mass is 602 g/mol. The van der Waals surface area contributed by atoms with E-state index in [9.17, 15) is 21.4 Å². The average Bonchev–Trinajstić information content (AvgIpc) is 2.53. The molecule has 0 saturated carbocycles. The first-order valence-electron chi connectivity index (χ1n) is 9.28. The van der Waals surface area contributed by atoms with E-state index in [0.717, 1.165) is 11.1 Å². The SMILES string of the molecule is Cc1ccc(S(=O)(=O)[O-])cc1.[3H]C([3H])([3H])I.[3H]C([3H])([3H])S(=O)(=O)c1ccc(C)cc1.[Ag+]. The van der Waals surface area contributed by atoms with Gasteiger partial charge in [0.05, 0.1) is 9.79 Å². The number of halogens is 1. The fraction of sp³-hybridized carbons (Fsp3) is 0.250. The second-order valence-corrected chi connectivity index (χ2v) is 7.44. The van der Waals surface area contributed by atoms with Gasteiger partial charge in [-0.15, -0.1) is 0 Å². The Kier molecular flexibility index (Phi) is 8.26. The Hall–Kier alpha value is -0.230. The van der Waals surface area contributed by atoms with E-state index in [1.165, 1.54) is 46.9 Å². The summed E-state index contributed by atoms with van der Waals surface area (Å²) < 4.78 is 93.4. The number of aryl methyl sites for hydroxylation is 2. The molecule has 0 heterocycles. The number of hydrogen-bond acceptors (Lipinski definition) is 5. The van der Waals surface area contributed by atoms with E-state index >= 15 is 0 Å². The van der Waals surface area contributed by atoms with E-state index in [1.54, 1.807) is 31.2 Å². The van der Waals surface area contributed by atoms with Gasteiger partial charge in [-0.2, -0.15) is 0 Å². The third-order valence-corrected chi connectivity index (χ3v) is 4.38. The van der Waals surface area contributed by atoms with E-state index in [4.69, 9.17) is 8.22 Å². The maximum absolute atomic E-state index is 11.4. The molecule has 0 aliphatic heterocycles. The maximum Gasteiger partial charge on any atom is 1.00 e. The number of alkyl halides is 1. The van der Waals surface area contributed by atoms with Gasteiger partial charge >= 0.3 is 22.4 Å². The molecule has 2 aromatic carbocycles. The fourth-order valence-corrected chi connectivity index (χ4v) is 2.39. The molecule has 0 aliphatic rings. The minimum Gasteiger partial charge on any atom is -0.744 e. The Labute approximate surface area is 188 Å². The van der Waals surface area contributed by atoms with Crippen molar-refractivity contribution in [2.24, 2.45) is 0 Å². The van der Waals surface area contributed by atoms with Crippen molar-refractivity contribution >= 4 is 42.5 Å². The molecule has 0 amide bonds. The first-order chi connectivity index (χ1) is 13.2. The second kappa shape index (κ2) is 12.2. The number of sulfone groups is 1. The number of benzene rings is 2. The van der Waals surface area contributed by atoms with Crippen molar-refractivity contribution in [2.75, 3.05) is 11.0 Å². The third-order valence-electron chi connectivity index (χ3n) is 2.64. The molecule has 0 saturated heterocycles. The molecule has 0 spiro atoms. The molecule has 2 aromatic rings. The molecular weight excluding hydrogens is 571 g/mol. The summed E-state index contributed by atoms with van der Waals surface area (Å²) in [6.07, 6.45) is -2.98. The molecule has 25 heavy (non-hydrogen) atoms. The van der Waals surface area contributed by atoms with Crippen molar-refractivity contribution in [3.63, 3.8) is 0 Å². The summed E-state index contributed by atoms with van der Waals surface area (Å²) >= 11 is 1.38. The maximum atomic E-state index is 11.4. The second-order valence-electron chi connectivity index (χ2n) is 4.58. The van der Waals surface area contributed by atoms with Crippen LogP contribution in [-0.2, 0) is 42.3 Å². The van der Waals surface area contributed by atoms with Crippen molar-refractivity contribution in [1.82, 2.24) is 0 Å². The summed E-state index contributed by atoms with van der Waals surface area (Å²) in [5.74, 6) is 0. The predicted octanol–water partition coefficient (Wildman–Crippen LogP) is 3.35. The van der Waals surface area contributed by atoms with Crippen LogP contribution in [0.3, 0.4) is 0 Å². The zero-order valence-corrected chi connectivity index (χ0v) is 18.4. The van der Waals surface area contributed by atoms with E-state index in [0.29, 0.717) is 0 Å². The molecule has 0 aliphatic carbocycles. The van der Waals surface area contributed by atoms with Gasteiger partial charge in [0.15, 0.2) is 9.84 Å².